The molecule has 0 aromatic heterocycles. The number of hydrogen-bond donors (Lipinski definition) is 2. The highest BCUT2D eigenvalue weighted by Gasteiger charge is 2.18. The third kappa shape index (κ3) is 4.25. The second-order valence-corrected chi connectivity index (χ2v) is 5.89. The van der Waals surface area contributed by atoms with Crippen molar-refractivity contribution >= 4 is 10.0 Å². The normalized spacial score (nSPS) is 13.2. The topological polar surface area (TPSA) is 66.4 Å². The highest BCUT2D eigenvalue weighted by Crippen LogP contribution is 2.11. The lowest BCUT2D eigenvalue weighted by Crippen LogP contribution is -2.37. The van der Waals surface area contributed by atoms with E-state index in [1.807, 2.05) is 6.92 Å². The minimum absolute atomic E-state index is 0.213. The summed E-state index contributed by atoms with van der Waals surface area (Å²) >= 11 is 0. The van der Waals surface area contributed by atoms with Crippen molar-refractivity contribution in [2.45, 2.75) is 30.7 Å². The summed E-state index contributed by atoms with van der Waals surface area (Å²) < 4.78 is 26.5. The van der Waals surface area contributed by atoms with E-state index >= 15 is 0 Å². The summed E-state index contributed by atoms with van der Waals surface area (Å²) in [5, 5.41) is 9.15. The van der Waals surface area contributed by atoms with Crippen molar-refractivity contribution in [2.75, 3.05) is 6.61 Å². The maximum atomic E-state index is 12.0. The van der Waals surface area contributed by atoms with Crippen LogP contribution in [0.3, 0.4) is 0 Å². The number of aliphatic hydroxyl groups is 1. The van der Waals surface area contributed by atoms with Gasteiger partial charge in [-0.25, -0.2) is 13.1 Å². The minimum Gasteiger partial charge on any atom is -0.395 e. The predicted molar refractivity (Wildman–Crippen MR) is 71.8 cm³/mol. The van der Waals surface area contributed by atoms with Crippen LogP contribution in [0, 0.1) is 6.92 Å². The van der Waals surface area contributed by atoms with Crippen LogP contribution < -0.4 is 4.72 Å². The smallest absolute Gasteiger partial charge is 0.240 e. The molecule has 5 heteroatoms. The molecule has 0 heterocycles. The lowest BCUT2D eigenvalue weighted by atomic mass is 10.2. The Bertz CT molecular complexity index is 479. The van der Waals surface area contributed by atoms with Gasteiger partial charge in [-0.2, -0.15) is 0 Å². The van der Waals surface area contributed by atoms with E-state index in [0.717, 1.165) is 5.56 Å². The van der Waals surface area contributed by atoms with Crippen LogP contribution >= 0.6 is 0 Å². The average molecular weight is 269 g/mol. The predicted octanol–water partition coefficient (Wildman–Crippen LogP) is 1.60. The van der Waals surface area contributed by atoms with Crippen LogP contribution in [-0.4, -0.2) is 26.2 Å². The van der Waals surface area contributed by atoms with Crippen molar-refractivity contribution in [2.24, 2.45) is 0 Å². The molecule has 0 unspecified atom stereocenters. The molecule has 0 aliphatic heterocycles. The molecule has 0 amide bonds. The molecule has 0 spiro atoms. The first kappa shape index (κ1) is 14.9. The van der Waals surface area contributed by atoms with Crippen LogP contribution in [0.2, 0.25) is 0 Å². The van der Waals surface area contributed by atoms with Crippen LogP contribution in [0.5, 0.6) is 0 Å². The zero-order valence-electron chi connectivity index (χ0n) is 10.5. The molecule has 0 saturated carbocycles. The fourth-order valence-corrected chi connectivity index (χ4v) is 2.77. The van der Waals surface area contributed by atoms with Crippen LogP contribution in [-0.2, 0) is 10.0 Å². The van der Waals surface area contributed by atoms with Gasteiger partial charge < -0.3 is 5.11 Å². The summed E-state index contributed by atoms with van der Waals surface area (Å²) in [6.45, 7) is 5.24. The molecular formula is C13H19NO3S. The van der Waals surface area contributed by atoms with Gasteiger partial charge in [-0.1, -0.05) is 23.8 Å². The average Bonchev–Trinajstić information content (AvgIpc) is 2.35. The quantitative estimate of drug-likeness (QED) is 0.739. The Hall–Kier alpha value is -1.17. The molecule has 1 atom stereocenters. The minimum atomic E-state index is -3.56. The summed E-state index contributed by atoms with van der Waals surface area (Å²) in [5.74, 6) is 0. The molecule has 0 bridgehead atoms. The van der Waals surface area contributed by atoms with Crippen LogP contribution in [0.25, 0.3) is 0 Å². The zero-order valence-corrected chi connectivity index (χ0v) is 11.3. The van der Waals surface area contributed by atoms with Crippen molar-refractivity contribution in [1.29, 1.82) is 0 Å². The van der Waals surface area contributed by atoms with Crippen molar-refractivity contribution < 1.29 is 13.5 Å². The first-order chi connectivity index (χ1) is 8.49. The Morgan fingerprint density at radius 2 is 2.00 bits per heavy atom. The van der Waals surface area contributed by atoms with Gasteiger partial charge in [0.1, 0.15) is 0 Å². The van der Waals surface area contributed by atoms with Crippen LogP contribution in [0.4, 0.5) is 0 Å². The molecule has 100 valence electrons. The fourth-order valence-electron chi connectivity index (χ4n) is 1.51. The van der Waals surface area contributed by atoms with E-state index < -0.39 is 16.1 Å². The molecule has 0 fully saturated rings. The zero-order chi connectivity index (χ0) is 13.6. The summed E-state index contributed by atoms with van der Waals surface area (Å²) in [5.41, 5.74) is 0.999. The lowest BCUT2D eigenvalue weighted by Gasteiger charge is -2.15. The fraction of sp³-hybridized carbons (Fsp3) is 0.385. The van der Waals surface area contributed by atoms with E-state index in [4.69, 9.17) is 5.11 Å². The van der Waals surface area contributed by atoms with Crippen molar-refractivity contribution in [1.82, 2.24) is 4.72 Å². The Balaban J connectivity index is 2.80. The first-order valence-corrected chi connectivity index (χ1v) is 7.28. The first-order valence-electron chi connectivity index (χ1n) is 5.80. The molecule has 1 aromatic carbocycles. The highest BCUT2D eigenvalue weighted by atomic mass is 32.2. The number of hydrogen-bond acceptors (Lipinski definition) is 3. The third-order valence-electron chi connectivity index (χ3n) is 2.59. The van der Waals surface area contributed by atoms with Gasteiger partial charge >= 0.3 is 0 Å². The largest absolute Gasteiger partial charge is 0.395 e. The van der Waals surface area contributed by atoms with E-state index in [1.165, 1.54) is 0 Å². The number of allylic oxidation sites excluding steroid dienone is 1. The second-order valence-electron chi connectivity index (χ2n) is 4.18. The SMILES string of the molecule is C=CCC[C@@H](CO)NS(=O)(=O)c1ccc(C)cc1. The van der Waals surface area contributed by atoms with E-state index in [2.05, 4.69) is 11.3 Å². The van der Waals surface area contributed by atoms with Crippen molar-refractivity contribution in [3.05, 3.63) is 42.5 Å². The van der Waals surface area contributed by atoms with Crippen LogP contribution in [0.15, 0.2) is 41.8 Å². The second kappa shape index (κ2) is 6.68. The van der Waals surface area contributed by atoms with Gasteiger partial charge in [0.25, 0.3) is 0 Å². The van der Waals surface area contributed by atoms with Gasteiger partial charge in [0, 0.05) is 6.04 Å². The Morgan fingerprint density at radius 1 is 1.39 bits per heavy atom. The maximum absolute atomic E-state index is 12.0. The van der Waals surface area contributed by atoms with E-state index in [-0.39, 0.29) is 11.5 Å². The number of benzene rings is 1. The molecular weight excluding hydrogens is 250 g/mol. The van der Waals surface area contributed by atoms with E-state index in [1.54, 1.807) is 30.3 Å². The van der Waals surface area contributed by atoms with E-state index in [0.29, 0.717) is 12.8 Å². The third-order valence-corrected chi connectivity index (χ3v) is 4.13. The van der Waals surface area contributed by atoms with Gasteiger partial charge in [0.2, 0.25) is 10.0 Å². The summed E-state index contributed by atoms with van der Waals surface area (Å²) in [4.78, 5) is 0.213. The van der Waals surface area contributed by atoms with Gasteiger partial charge in [0.15, 0.2) is 0 Å². The molecule has 0 radical (unpaired) electrons. The van der Waals surface area contributed by atoms with Gasteiger partial charge in [-0.15, -0.1) is 6.58 Å². The van der Waals surface area contributed by atoms with Gasteiger partial charge in [-0.3, -0.25) is 0 Å². The number of aryl methyl sites for hydroxylation is 1. The molecule has 0 aliphatic rings. The summed E-state index contributed by atoms with van der Waals surface area (Å²) in [6, 6.07) is 6.12. The Labute approximate surface area is 108 Å². The van der Waals surface area contributed by atoms with Gasteiger partial charge in [-0.05, 0) is 31.9 Å². The molecule has 2 N–H and O–H groups in total. The molecule has 0 aliphatic carbocycles. The Kier molecular flexibility index (Phi) is 5.53. The summed E-state index contributed by atoms with van der Waals surface area (Å²) in [6.07, 6.45) is 2.88. The molecule has 4 nitrogen and oxygen atoms in total. The lowest BCUT2D eigenvalue weighted by molar-refractivity contribution is 0.251. The maximum Gasteiger partial charge on any atom is 0.240 e. The molecule has 1 rings (SSSR count). The van der Waals surface area contributed by atoms with Crippen LogP contribution in [0.1, 0.15) is 18.4 Å². The Morgan fingerprint density at radius 3 is 2.50 bits per heavy atom. The highest BCUT2D eigenvalue weighted by molar-refractivity contribution is 7.89. The number of nitrogens with one attached hydrogen (secondary N) is 1. The monoisotopic (exact) mass is 269 g/mol. The standard InChI is InChI=1S/C13H19NO3S/c1-3-4-5-12(10-15)14-18(16,17)13-8-6-11(2)7-9-13/h3,6-9,12,14-15H,1,4-5,10H2,2H3/t12-/m0/s1. The number of aliphatic hydroxyl groups excluding tert-OH is 1. The van der Waals surface area contributed by atoms with Crippen molar-refractivity contribution in [3.63, 3.8) is 0 Å². The van der Waals surface area contributed by atoms with Gasteiger partial charge in [0.05, 0.1) is 11.5 Å². The van der Waals surface area contributed by atoms with Crippen molar-refractivity contribution in [3.8, 4) is 0 Å². The number of rotatable bonds is 7. The molecule has 0 saturated heterocycles. The van der Waals surface area contributed by atoms with E-state index in [9.17, 15) is 8.42 Å². The summed E-state index contributed by atoms with van der Waals surface area (Å²) in [7, 11) is -3.56. The molecule has 18 heavy (non-hydrogen) atoms. The molecule has 1 aromatic rings. The number of sulfonamides is 1.